The number of imidazole rings is 1. The van der Waals surface area contributed by atoms with Crippen LogP contribution in [0, 0.1) is 5.41 Å². The molecule has 0 N–H and O–H groups in total. The lowest BCUT2D eigenvalue weighted by molar-refractivity contribution is -0.153. The maximum atomic E-state index is 12.0. The van der Waals surface area contributed by atoms with Crippen molar-refractivity contribution in [3.63, 3.8) is 0 Å². The van der Waals surface area contributed by atoms with Crippen LogP contribution in [-0.2, 0) is 16.6 Å². The summed E-state index contributed by atoms with van der Waals surface area (Å²) in [6, 6.07) is 5.84. The first kappa shape index (κ1) is 23.8. The Kier molecular flexibility index (Phi) is 7.96. The number of carbonyl (C=O) groups is 1. The Labute approximate surface area is 184 Å². The van der Waals surface area contributed by atoms with Crippen molar-refractivity contribution in [2.45, 2.75) is 46.6 Å². The number of aryl methyl sites for hydroxylation is 1. The third-order valence-corrected chi connectivity index (χ3v) is 5.16. The van der Waals surface area contributed by atoms with Gasteiger partial charge in [0, 0.05) is 30.6 Å². The summed E-state index contributed by atoms with van der Waals surface area (Å²) in [6.07, 6.45) is 7.24. The van der Waals surface area contributed by atoms with E-state index in [2.05, 4.69) is 11.1 Å². The summed E-state index contributed by atoms with van der Waals surface area (Å²) in [5.74, 6) is 2.36. The highest BCUT2D eigenvalue weighted by atomic mass is 35.5. The van der Waals surface area contributed by atoms with Crippen LogP contribution in [0.2, 0.25) is 0 Å². The van der Waals surface area contributed by atoms with Crippen LogP contribution in [0.3, 0.4) is 0 Å². The molecule has 0 aliphatic carbocycles. The van der Waals surface area contributed by atoms with Crippen LogP contribution in [0.4, 0.5) is 0 Å². The smallest absolute Gasteiger partial charge is 0.311 e. The molecule has 164 valence electrons. The Morgan fingerprint density at radius 3 is 2.77 bits per heavy atom. The molecule has 1 aliphatic heterocycles. The van der Waals surface area contributed by atoms with E-state index in [9.17, 15) is 4.79 Å². The summed E-state index contributed by atoms with van der Waals surface area (Å²) in [5.41, 5.74) is 1.52. The molecule has 1 atom stereocenters. The van der Waals surface area contributed by atoms with Crippen molar-refractivity contribution in [1.29, 1.82) is 0 Å². The zero-order valence-electron chi connectivity index (χ0n) is 18.3. The van der Waals surface area contributed by atoms with E-state index in [1.165, 1.54) is 0 Å². The van der Waals surface area contributed by atoms with Gasteiger partial charge in [-0.15, -0.1) is 12.4 Å². The fourth-order valence-corrected chi connectivity index (χ4v) is 3.40. The topological polar surface area (TPSA) is 62.6 Å². The predicted molar refractivity (Wildman–Crippen MR) is 120 cm³/mol. The molecule has 1 aromatic carbocycles. The molecule has 7 heteroatoms. The number of esters is 1. The van der Waals surface area contributed by atoms with E-state index in [4.69, 9.17) is 14.2 Å². The molecule has 2 aromatic rings. The van der Waals surface area contributed by atoms with Crippen LogP contribution < -0.4 is 9.47 Å². The Balaban J connectivity index is 0.00000320. The lowest BCUT2D eigenvalue weighted by Crippen LogP contribution is -2.27. The molecule has 2 heterocycles. The number of hydrogen-bond donors (Lipinski definition) is 0. The maximum absolute atomic E-state index is 12.0. The standard InChI is InChI=1S/C23H30N2O4.ClH/c1-6-27-22(26)23(3,4)10-7-13-28-18-8-9-20-17(14-18)15-19(16(2)29-20)21-24-11-12-25(21)5;/h8-9,11-12,14-16H,6-7,10,13H2,1-5H3;1H. The van der Waals surface area contributed by atoms with Gasteiger partial charge in [0.05, 0.1) is 18.6 Å². The second-order valence-corrected chi connectivity index (χ2v) is 7.98. The van der Waals surface area contributed by atoms with Crippen LogP contribution >= 0.6 is 12.4 Å². The van der Waals surface area contributed by atoms with E-state index >= 15 is 0 Å². The molecule has 0 bridgehead atoms. The van der Waals surface area contributed by atoms with Crippen molar-refractivity contribution in [3.8, 4) is 11.5 Å². The third kappa shape index (κ3) is 5.36. The first-order valence-corrected chi connectivity index (χ1v) is 10.1. The fourth-order valence-electron chi connectivity index (χ4n) is 3.40. The Morgan fingerprint density at radius 2 is 2.10 bits per heavy atom. The van der Waals surface area contributed by atoms with Gasteiger partial charge in [-0.1, -0.05) is 0 Å². The molecule has 30 heavy (non-hydrogen) atoms. The molecule has 1 unspecified atom stereocenters. The van der Waals surface area contributed by atoms with Gasteiger partial charge in [0.15, 0.2) is 0 Å². The van der Waals surface area contributed by atoms with Crippen molar-refractivity contribution in [2.24, 2.45) is 12.5 Å². The summed E-state index contributed by atoms with van der Waals surface area (Å²) in [5, 5.41) is 0. The van der Waals surface area contributed by atoms with Crippen molar-refractivity contribution in [3.05, 3.63) is 42.0 Å². The lowest BCUT2D eigenvalue weighted by Gasteiger charge is -2.25. The van der Waals surface area contributed by atoms with Crippen LogP contribution in [0.5, 0.6) is 11.5 Å². The maximum Gasteiger partial charge on any atom is 0.311 e. The quantitative estimate of drug-likeness (QED) is 0.436. The Hall–Kier alpha value is -2.47. The summed E-state index contributed by atoms with van der Waals surface area (Å²) >= 11 is 0. The molecule has 1 aliphatic rings. The Bertz CT molecular complexity index is 904. The van der Waals surface area contributed by atoms with Crippen LogP contribution in [0.1, 0.15) is 51.9 Å². The number of nitrogens with zero attached hydrogens (tertiary/aromatic N) is 2. The molecule has 0 amide bonds. The van der Waals surface area contributed by atoms with E-state index in [1.54, 1.807) is 6.20 Å². The number of fused-ring (bicyclic) bond motifs is 1. The van der Waals surface area contributed by atoms with Crippen molar-refractivity contribution in [2.75, 3.05) is 13.2 Å². The summed E-state index contributed by atoms with van der Waals surface area (Å²) in [7, 11) is 1.97. The van der Waals surface area contributed by atoms with Crippen LogP contribution in [0.15, 0.2) is 30.6 Å². The summed E-state index contributed by atoms with van der Waals surface area (Å²) in [4.78, 5) is 16.4. The monoisotopic (exact) mass is 434 g/mol. The molecule has 0 spiro atoms. The fraction of sp³-hybridized carbons (Fsp3) is 0.478. The molecular formula is C23H31ClN2O4. The van der Waals surface area contributed by atoms with Gasteiger partial charge < -0.3 is 18.8 Å². The van der Waals surface area contributed by atoms with E-state index in [-0.39, 0.29) is 24.5 Å². The van der Waals surface area contributed by atoms with Crippen LogP contribution in [0.25, 0.3) is 11.6 Å². The van der Waals surface area contributed by atoms with Crippen LogP contribution in [-0.4, -0.2) is 34.8 Å². The minimum atomic E-state index is -0.501. The van der Waals surface area contributed by atoms with E-state index in [0.29, 0.717) is 19.6 Å². The van der Waals surface area contributed by atoms with Crippen molar-refractivity contribution < 1.29 is 19.0 Å². The molecule has 6 nitrogen and oxygen atoms in total. The average Bonchev–Trinajstić information content (AvgIpc) is 3.10. The summed E-state index contributed by atoms with van der Waals surface area (Å²) < 4.78 is 19.1. The largest absolute Gasteiger partial charge is 0.494 e. The zero-order chi connectivity index (χ0) is 21.0. The van der Waals surface area contributed by atoms with Gasteiger partial charge in [0.1, 0.15) is 23.4 Å². The molecule has 0 radical (unpaired) electrons. The molecule has 1 aromatic heterocycles. The average molecular weight is 435 g/mol. The zero-order valence-corrected chi connectivity index (χ0v) is 19.1. The highest BCUT2D eigenvalue weighted by Crippen LogP contribution is 2.36. The first-order chi connectivity index (χ1) is 13.8. The number of benzene rings is 1. The molecule has 0 fully saturated rings. The van der Waals surface area contributed by atoms with Gasteiger partial charge in [-0.2, -0.15) is 0 Å². The summed E-state index contributed by atoms with van der Waals surface area (Å²) in [6.45, 7) is 8.61. The number of carbonyl (C=O) groups excluding carboxylic acids is 1. The normalized spacial score (nSPS) is 15.4. The molecular weight excluding hydrogens is 404 g/mol. The molecule has 3 rings (SSSR count). The first-order valence-electron chi connectivity index (χ1n) is 10.1. The predicted octanol–water partition coefficient (Wildman–Crippen LogP) is 4.91. The number of hydrogen-bond acceptors (Lipinski definition) is 5. The number of ether oxygens (including phenoxy) is 3. The number of halogens is 1. The van der Waals surface area contributed by atoms with Gasteiger partial charge in [0.2, 0.25) is 0 Å². The van der Waals surface area contributed by atoms with E-state index < -0.39 is 5.41 Å². The second kappa shape index (κ2) is 10.0. The molecule has 0 saturated carbocycles. The SMILES string of the molecule is CCOC(=O)C(C)(C)CCCOc1ccc2c(c1)C=C(c1nccn1C)C(C)O2.Cl. The van der Waals surface area contributed by atoms with Gasteiger partial charge in [0.25, 0.3) is 0 Å². The lowest BCUT2D eigenvalue weighted by atomic mass is 9.88. The number of rotatable bonds is 8. The second-order valence-electron chi connectivity index (χ2n) is 7.98. The third-order valence-electron chi connectivity index (χ3n) is 5.16. The van der Waals surface area contributed by atoms with Gasteiger partial charge in [-0.25, -0.2) is 4.98 Å². The van der Waals surface area contributed by atoms with Gasteiger partial charge in [-0.3, -0.25) is 4.79 Å². The van der Waals surface area contributed by atoms with Crippen molar-refractivity contribution >= 4 is 30.0 Å². The number of aromatic nitrogens is 2. The minimum absolute atomic E-state index is 0. The Morgan fingerprint density at radius 1 is 1.33 bits per heavy atom. The van der Waals surface area contributed by atoms with E-state index in [0.717, 1.165) is 34.9 Å². The highest BCUT2D eigenvalue weighted by molar-refractivity contribution is 5.85. The van der Waals surface area contributed by atoms with Crippen molar-refractivity contribution in [1.82, 2.24) is 9.55 Å². The van der Waals surface area contributed by atoms with E-state index in [1.807, 2.05) is 63.7 Å². The van der Waals surface area contributed by atoms with Gasteiger partial charge in [-0.05, 0) is 64.8 Å². The highest BCUT2D eigenvalue weighted by Gasteiger charge is 2.28. The van der Waals surface area contributed by atoms with Gasteiger partial charge >= 0.3 is 5.97 Å². The molecule has 0 saturated heterocycles. The minimum Gasteiger partial charge on any atom is -0.494 e.